The number of nitrogens with zero attached hydrogens (tertiary/aromatic N) is 3. The van der Waals surface area contributed by atoms with Crippen LogP contribution >= 0.6 is 23.2 Å². The van der Waals surface area contributed by atoms with Gasteiger partial charge in [0, 0.05) is 23.2 Å². The first kappa shape index (κ1) is 22.9. The smallest absolute Gasteiger partial charge is 0.254 e. The quantitative estimate of drug-likeness (QED) is 0.518. The molecule has 0 radical (unpaired) electrons. The van der Waals surface area contributed by atoms with E-state index in [0.29, 0.717) is 33.2 Å². The summed E-state index contributed by atoms with van der Waals surface area (Å²) in [7, 11) is 1.48. The number of hydrogen-bond donors (Lipinski definition) is 1. The lowest BCUT2D eigenvalue weighted by Gasteiger charge is -2.19. The average molecular weight is 489 g/mol. The molecule has 0 spiro atoms. The number of nitrogens with one attached hydrogen (secondary N) is 1. The van der Waals surface area contributed by atoms with Crippen LogP contribution in [0.1, 0.15) is 34.5 Å². The largest absolute Gasteiger partial charge is 0.497 e. The van der Waals surface area contributed by atoms with Gasteiger partial charge in [-0.2, -0.15) is 0 Å². The Balaban J connectivity index is 1.47. The second-order valence-electron chi connectivity index (χ2n) is 7.55. The number of ether oxygens (including phenoxy) is 1. The molecule has 3 aromatic rings. The molecular weight excluding hydrogens is 470 g/mol. The summed E-state index contributed by atoms with van der Waals surface area (Å²) in [5, 5.41) is 3.08. The molecule has 0 unspecified atom stereocenters. The van der Waals surface area contributed by atoms with Crippen LogP contribution in [0.3, 0.4) is 0 Å². The van der Waals surface area contributed by atoms with E-state index in [9.17, 15) is 14.0 Å². The molecule has 33 heavy (non-hydrogen) atoms. The van der Waals surface area contributed by atoms with Gasteiger partial charge in [-0.3, -0.25) is 9.59 Å². The summed E-state index contributed by atoms with van der Waals surface area (Å²) in [5.74, 6) is -0.668. The molecular formula is C23H19Cl2FN4O3. The Bertz CT molecular complexity index is 1250. The summed E-state index contributed by atoms with van der Waals surface area (Å²) >= 11 is 12.1. The highest BCUT2D eigenvalue weighted by Crippen LogP contribution is 2.31. The number of halogens is 3. The number of aromatic nitrogens is 2. The van der Waals surface area contributed by atoms with Gasteiger partial charge in [0.2, 0.25) is 11.2 Å². The predicted molar refractivity (Wildman–Crippen MR) is 122 cm³/mol. The number of amides is 2. The molecule has 7 nitrogen and oxygen atoms in total. The van der Waals surface area contributed by atoms with Crippen LogP contribution in [0.15, 0.2) is 42.6 Å². The molecule has 0 saturated heterocycles. The van der Waals surface area contributed by atoms with E-state index in [2.05, 4.69) is 15.3 Å². The number of carbonyl (C=O) groups excluding carboxylic acids is 2. The van der Waals surface area contributed by atoms with E-state index in [1.165, 1.54) is 36.4 Å². The van der Waals surface area contributed by atoms with Crippen LogP contribution in [0.25, 0.3) is 11.3 Å². The third-order valence-electron chi connectivity index (χ3n) is 5.36. The van der Waals surface area contributed by atoms with Crippen LogP contribution in [-0.2, 0) is 11.3 Å². The van der Waals surface area contributed by atoms with Crippen LogP contribution in [0.4, 0.5) is 4.39 Å². The molecule has 2 amide bonds. The van der Waals surface area contributed by atoms with E-state index >= 15 is 0 Å². The molecule has 0 fully saturated rings. The van der Waals surface area contributed by atoms with Crippen molar-refractivity contribution < 1.29 is 18.7 Å². The third-order valence-corrected chi connectivity index (χ3v) is 5.82. The van der Waals surface area contributed by atoms with Crippen LogP contribution in [-0.4, -0.2) is 40.3 Å². The van der Waals surface area contributed by atoms with Crippen molar-refractivity contribution in [1.82, 2.24) is 20.2 Å². The molecule has 2 aromatic carbocycles. The van der Waals surface area contributed by atoms with Gasteiger partial charge in [-0.15, -0.1) is 0 Å². The number of fused-ring (bicyclic) bond motifs is 1. The zero-order chi connectivity index (χ0) is 23.7. The Morgan fingerprint density at radius 2 is 2.06 bits per heavy atom. The second kappa shape index (κ2) is 9.33. The molecule has 1 aliphatic heterocycles. The molecule has 10 heteroatoms. The first-order chi connectivity index (χ1) is 15.8. The van der Waals surface area contributed by atoms with Crippen molar-refractivity contribution in [3.05, 3.63) is 75.4 Å². The lowest BCUT2D eigenvalue weighted by Crippen LogP contribution is -2.38. The molecule has 1 atom stereocenters. The minimum Gasteiger partial charge on any atom is -0.497 e. The van der Waals surface area contributed by atoms with Gasteiger partial charge in [0.15, 0.2) is 0 Å². The van der Waals surface area contributed by atoms with Crippen molar-refractivity contribution in [3.63, 3.8) is 0 Å². The Kier molecular flexibility index (Phi) is 6.49. The van der Waals surface area contributed by atoms with Gasteiger partial charge >= 0.3 is 0 Å². The van der Waals surface area contributed by atoms with Crippen molar-refractivity contribution in [2.45, 2.75) is 19.5 Å². The Hall–Kier alpha value is -3.23. The normalized spacial score (nSPS) is 13.6. The Morgan fingerprint density at radius 3 is 2.82 bits per heavy atom. The predicted octanol–water partition coefficient (Wildman–Crippen LogP) is 4.43. The van der Waals surface area contributed by atoms with Gasteiger partial charge in [-0.25, -0.2) is 14.4 Å². The first-order valence-corrected chi connectivity index (χ1v) is 10.8. The van der Waals surface area contributed by atoms with Gasteiger partial charge in [-0.05, 0) is 48.4 Å². The van der Waals surface area contributed by atoms with Crippen molar-refractivity contribution in [3.8, 4) is 17.0 Å². The van der Waals surface area contributed by atoms with Gasteiger partial charge in [0.05, 0.1) is 30.1 Å². The average Bonchev–Trinajstić information content (AvgIpc) is 3.10. The highest BCUT2D eigenvalue weighted by atomic mass is 35.5. The monoisotopic (exact) mass is 488 g/mol. The standard InChI is InChI=1S/C23H19Cl2FN4O3/c1-12(16-8-15(33-2)5-6-19(16)26)28-20(31)11-30-10-14-4-3-13(7-17(14)22(30)32)21-18(24)9-27-23(25)29-21/h3-9,12H,10-11H2,1-2H3,(H,28,31)/t12-/m1/s1. The molecule has 0 bridgehead atoms. The minimum absolute atomic E-state index is 0.0427. The fourth-order valence-electron chi connectivity index (χ4n) is 3.70. The SMILES string of the molecule is COc1ccc(F)c([C@@H](C)NC(=O)CN2Cc3ccc(-c4nc(Cl)ncc4Cl)cc3C2=O)c1. The van der Waals surface area contributed by atoms with Crippen LogP contribution in [0.2, 0.25) is 10.3 Å². The summed E-state index contributed by atoms with van der Waals surface area (Å²) in [6.07, 6.45) is 1.39. The van der Waals surface area contributed by atoms with E-state index in [1.807, 2.05) is 0 Å². The van der Waals surface area contributed by atoms with Gasteiger partial charge < -0.3 is 15.0 Å². The maximum atomic E-state index is 14.2. The lowest BCUT2D eigenvalue weighted by molar-refractivity contribution is -0.122. The number of hydrogen-bond acceptors (Lipinski definition) is 5. The zero-order valence-corrected chi connectivity index (χ0v) is 19.2. The second-order valence-corrected chi connectivity index (χ2v) is 8.29. The molecule has 0 saturated carbocycles. The van der Waals surface area contributed by atoms with Crippen LogP contribution in [0, 0.1) is 5.82 Å². The Morgan fingerprint density at radius 1 is 1.27 bits per heavy atom. The van der Waals surface area contributed by atoms with Crippen LogP contribution in [0.5, 0.6) is 5.75 Å². The summed E-state index contributed by atoms with van der Waals surface area (Å²) in [5.41, 5.74) is 2.56. The van der Waals surface area contributed by atoms with Crippen molar-refractivity contribution in [2.24, 2.45) is 0 Å². The first-order valence-electron chi connectivity index (χ1n) is 10.00. The molecule has 1 aromatic heterocycles. The van der Waals surface area contributed by atoms with Crippen molar-refractivity contribution in [2.75, 3.05) is 13.7 Å². The van der Waals surface area contributed by atoms with Crippen LogP contribution < -0.4 is 10.1 Å². The zero-order valence-electron chi connectivity index (χ0n) is 17.7. The molecule has 1 N–H and O–H groups in total. The summed E-state index contributed by atoms with van der Waals surface area (Å²) < 4.78 is 19.3. The molecule has 170 valence electrons. The van der Waals surface area contributed by atoms with E-state index in [4.69, 9.17) is 27.9 Å². The Labute approximate surface area is 199 Å². The highest BCUT2D eigenvalue weighted by molar-refractivity contribution is 6.33. The van der Waals surface area contributed by atoms with E-state index < -0.39 is 17.8 Å². The fourth-order valence-corrected chi connectivity index (χ4v) is 4.04. The van der Waals surface area contributed by atoms with Gasteiger partial charge in [0.25, 0.3) is 5.91 Å². The van der Waals surface area contributed by atoms with Crippen molar-refractivity contribution in [1.29, 1.82) is 0 Å². The molecule has 1 aliphatic rings. The fraction of sp³-hybridized carbons (Fsp3) is 0.217. The topological polar surface area (TPSA) is 84.4 Å². The summed E-state index contributed by atoms with van der Waals surface area (Å²) in [6, 6.07) is 8.96. The minimum atomic E-state index is -0.607. The summed E-state index contributed by atoms with van der Waals surface area (Å²) in [6.45, 7) is 1.78. The van der Waals surface area contributed by atoms with E-state index in [1.54, 1.807) is 25.1 Å². The number of methoxy groups -OCH3 is 1. The number of rotatable bonds is 6. The number of benzene rings is 2. The maximum Gasteiger partial charge on any atom is 0.254 e. The lowest BCUT2D eigenvalue weighted by atomic mass is 10.0. The highest BCUT2D eigenvalue weighted by Gasteiger charge is 2.30. The van der Waals surface area contributed by atoms with Crippen molar-refractivity contribution >= 4 is 35.0 Å². The van der Waals surface area contributed by atoms with Gasteiger partial charge in [-0.1, -0.05) is 23.7 Å². The van der Waals surface area contributed by atoms with E-state index in [-0.39, 0.29) is 24.3 Å². The maximum absolute atomic E-state index is 14.2. The number of carbonyl (C=O) groups is 2. The van der Waals surface area contributed by atoms with E-state index in [0.717, 1.165) is 5.56 Å². The van der Waals surface area contributed by atoms with Gasteiger partial charge in [0.1, 0.15) is 18.1 Å². The molecule has 4 rings (SSSR count). The third kappa shape index (κ3) is 4.77. The summed E-state index contributed by atoms with van der Waals surface area (Å²) in [4.78, 5) is 34.9. The molecule has 0 aliphatic carbocycles. The molecule has 2 heterocycles.